The van der Waals surface area contributed by atoms with Gasteiger partial charge in [-0.1, -0.05) is 39.2 Å². The average Bonchev–Trinajstić information content (AvgIpc) is 3.52. The fourth-order valence-corrected chi connectivity index (χ4v) is 3.62. The number of nitrogens with zero attached hydrogens (tertiary/aromatic N) is 3. The predicted molar refractivity (Wildman–Crippen MR) is 118 cm³/mol. The van der Waals surface area contributed by atoms with Crippen molar-refractivity contribution in [2.45, 2.75) is 65.8 Å². The maximum atomic E-state index is 12.7. The Bertz CT molecular complexity index is 886. The van der Waals surface area contributed by atoms with Gasteiger partial charge >= 0.3 is 0 Å². The van der Waals surface area contributed by atoms with Gasteiger partial charge in [-0.2, -0.15) is 0 Å². The van der Waals surface area contributed by atoms with Crippen LogP contribution in [0.5, 0.6) is 0 Å². The van der Waals surface area contributed by atoms with Gasteiger partial charge in [0, 0.05) is 41.5 Å². The maximum Gasteiger partial charge on any atom is 0.184 e. The van der Waals surface area contributed by atoms with Crippen LogP contribution < -0.4 is 5.73 Å². The molecule has 0 saturated heterocycles. The van der Waals surface area contributed by atoms with Crippen LogP contribution >= 0.6 is 0 Å². The fraction of sp³-hybridized carbons (Fsp3) is 0.500. The van der Waals surface area contributed by atoms with Gasteiger partial charge in [0.15, 0.2) is 5.78 Å². The Labute approximate surface area is 173 Å². The number of aliphatic imine (C=N–C) groups is 1. The molecule has 1 aliphatic rings. The summed E-state index contributed by atoms with van der Waals surface area (Å²) in [5, 5.41) is 0. The van der Waals surface area contributed by atoms with Crippen molar-refractivity contribution in [1.82, 2.24) is 9.97 Å². The Morgan fingerprint density at radius 2 is 2.17 bits per heavy atom. The van der Waals surface area contributed by atoms with Gasteiger partial charge in [0.1, 0.15) is 5.69 Å². The lowest BCUT2D eigenvalue weighted by molar-refractivity contribution is 0.0918. The summed E-state index contributed by atoms with van der Waals surface area (Å²) in [6.07, 6.45) is 12.1. The minimum absolute atomic E-state index is 0.0260. The summed E-state index contributed by atoms with van der Waals surface area (Å²) in [4.78, 5) is 26.2. The van der Waals surface area contributed by atoms with Crippen molar-refractivity contribution in [2.75, 3.05) is 5.73 Å². The van der Waals surface area contributed by atoms with E-state index in [0.29, 0.717) is 23.5 Å². The molecule has 2 heterocycles. The first-order valence-electron chi connectivity index (χ1n) is 10.7. The highest BCUT2D eigenvalue weighted by Gasteiger charge is 2.21. The number of pyridine rings is 2. The van der Waals surface area contributed by atoms with Gasteiger partial charge in [-0.3, -0.25) is 19.8 Å². The molecule has 29 heavy (non-hydrogen) atoms. The quantitative estimate of drug-likeness (QED) is 0.458. The monoisotopic (exact) mass is 392 g/mol. The molecule has 1 saturated carbocycles. The zero-order valence-electron chi connectivity index (χ0n) is 17.8. The van der Waals surface area contributed by atoms with E-state index < -0.39 is 0 Å². The number of hydrogen-bond acceptors (Lipinski definition) is 5. The van der Waals surface area contributed by atoms with E-state index >= 15 is 0 Å². The molecule has 1 unspecified atom stereocenters. The van der Waals surface area contributed by atoms with E-state index in [0.717, 1.165) is 30.7 Å². The second kappa shape index (κ2) is 9.77. The number of anilines is 1. The minimum atomic E-state index is -0.0727. The first-order valence-corrected chi connectivity index (χ1v) is 10.7. The summed E-state index contributed by atoms with van der Waals surface area (Å²) >= 11 is 0. The number of carbonyl (C=O) groups is 1. The fourth-order valence-electron chi connectivity index (χ4n) is 3.62. The molecule has 1 atom stereocenters. The standard InChI is InChI=1S/C24H32N4O/c1-4-5-16(2)24(29)23-20(21(25)10-11-27-23)15-26-13-19-12-17(3)22(28-14-19)9-8-18-6-7-18/h10-12,14-16,18H,4-9,13H2,1-3H3,(H2,25,27). The topological polar surface area (TPSA) is 81.2 Å². The van der Waals surface area contributed by atoms with Gasteiger partial charge in [0.2, 0.25) is 0 Å². The number of Topliss-reactive ketones (excluding diaryl/α,β-unsaturated/α-hetero) is 1. The number of ketones is 1. The van der Waals surface area contributed by atoms with Gasteiger partial charge in [0.05, 0.1) is 6.54 Å². The molecule has 2 N–H and O–H groups in total. The molecular formula is C24H32N4O. The summed E-state index contributed by atoms with van der Waals surface area (Å²) in [5.41, 5.74) is 11.2. The molecule has 154 valence electrons. The van der Waals surface area contributed by atoms with E-state index in [9.17, 15) is 4.79 Å². The molecule has 0 spiro atoms. The van der Waals surface area contributed by atoms with E-state index in [-0.39, 0.29) is 11.7 Å². The highest BCUT2D eigenvalue weighted by atomic mass is 16.1. The zero-order chi connectivity index (χ0) is 20.8. The Morgan fingerprint density at radius 3 is 2.86 bits per heavy atom. The van der Waals surface area contributed by atoms with Crippen molar-refractivity contribution in [3.63, 3.8) is 0 Å². The molecule has 5 heteroatoms. The Kier molecular flexibility index (Phi) is 7.13. The SMILES string of the molecule is CCCC(C)C(=O)c1nccc(N)c1C=NCc1cnc(CCC2CC2)c(C)c1. The Hall–Kier alpha value is -2.56. The van der Waals surface area contributed by atoms with Crippen molar-refractivity contribution in [1.29, 1.82) is 0 Å². The average molecular weight is 393 g/mol. The number of aryl methyl sites for hydroxylation is 2. The molecule has 0 amide bonds. The normalized spacial score (nSPS) is 15.0. The number of aromatic nitrogens is 2. The predicted octanol–water partition coefficient (Wildman–Crippen LogP) is 4.95. The van der Waals surface area contributed by atoms with E-state index in [1.165, 1.54) is 30.5 Å². The molecular weight excluding hydrogens is 360 g/mol. The lowest BCUT2D eigenvalue weighted by Crippen LogP contribution is -2.16. The third-order valence-electron chi connectivity index (χ3n) is 5.65. The molecule has 0 radical (unpaired) electrons. The van der Waals surface area contributed by atoms with Crippen LogP contribution in [0.4, 0.5) is 5.69 Å². The maximum absolute atomic E-state index is 12.7. The lowest BCUT2D eigenvalue weighted by Gasteiger charge is -2.11. The smallest absolute Gasteiger partial charge is 0.184 e. The number of hydrogen-bond donors (Lipinski definition) is 1. The van der Waals surface area contributed by atoms with Gasteiger partial charge in [-0.05, 0) is 49.3 Å². The summed E-state index contributed by atoms with van der Waals surface area (Å²) in [6, 6.07) is 3.87. The van der Waals surface area contributed by atoms with Crippen LogP contribution in [0.1, 0.15) is 78.8 Å². The molecule has 0 aliphatic heterocycles. The van der Waals surface area contributed by atoms with Gasteiger partial charge < -0.3 is 5.73 Å². The first-order chi connectivity index (χ1) is 14.0. The largest absolute Gasteiger partial charge is 0.398 e. The van der Waals surface area contributed by atoms with Crippen LogP contribution in [0.2, 0.25) is 0 Å². The van der Waals surface area contributed by atoms with Crippen molar-refractivity contribution >= 4 is 17.7 Å². The van der Waals surface area contributed by atoms with Crippen LogP contribution in [-0.2, 0) is 13.0 Å². The second-order valence-corrected chi connectivity index (χ2v) is 8.28. The number of nitrogens with two attached hydrogens (primary N) is 1. The van der Waals surface area contributed by atoms with E-state index in [1.54, 1.807) is 18.5 Å². The Morgan fingerprint density at radius 1 is 1.38 bits per heavy atom. The molecule has 5 nitrogen and oxygen atoms in total. The van der Waals surface area contributed by atoms with Crippen molar-refractivity contribution < 1.29 is 4.79 Å². The molecule has 3 rings (SSSR count). The number of rotatable bonds is 10. The highest BCUT2D eigenvalue weighted by molar-refractivity contribution is 6.05. The minimum Gasteiger partial charge on any atom is -0.398 e. The van der Waals surface area contributed by atoms with Crippen LogP contribution in [0.15, 0.2) is 29.5 Å². The van der Waals surface area contributed by atoms with Crippen LogP contribution in [0, 0.1) is 18.8 Å². The van der Waals surface area contributed by atoms with E-state index in [4.69, 9.17) is 5.73 Å². The lowest BCUT2D eigenvalue weighted by atomic mass is 9.95. The van der Waals surface area contributed by atoms with Crippen LogP contribution in [-0.4, -0.2) is 22.0 Å². The first kappa shape index (κ1) is 21.2. The van der Waals surface area contributed by atoms with Crippen molar-refractivity contribution in [3.8, 4) is 0 Å². The zero-order valence-corrected chi connectivity index (χ0v) is 17.8. The molecule has 1 aliphatic carbocycles. The van der Waals surface area contributed by atoms with E-state index in [1.807, 2.05) is 13.1 Å². The Balaban J connectivity index is 1.69. The van der Waals surface area contributed by atoms with Gasteiger partial charge in [0.25, 0.3) is 0 Å². The van der Waals surface area contributed by atoms with Gasteiger partial charge in [-0.25, -0.2) is 0 Å². The molecule has 2 aromatic heterocycles. The molecule has 1 fully saturated rings. The van der Waals surface area contributed by atoms with E-state index in [2.05, 4.69) is 34.9 Å². The van der Waals surface area contributed by atoms with Crippen molar-refractivity contribution in [2.24, 2.45) is 16.8 Å². The molecule has 0 aromatic carbocycles. The number of carbonyl (C=O) groups excluding carboxylic acids is 1. The van der Waals surface area contributed by atoms with Crippen LogP contribution in [0.25, 0.3) is 0 Å². The highest BCUT2D eigenvalue weighted by Crippen LogP contribution is 2.33. The third-order valence-corrected chi connectivity index (χ3v) is 5.65. The summed E-state index contributed by atoms with van der Waals surface area (Å²) in [7, 11) is 0. The third kappa shape index (κ3) is 5.72. The second-order valence-electron chi connectivity index (χ2n) is 8.28. The summed E-state index contributed by atoms with van der Waals surface area (Å²) in [6.45, 7) is 6.64. The molecule has 2 aromatic rings. The van der Waals surface area contributed by atoms with Gasteiger partial charge in [-0.15, -0.1) is 0 Å². The summed E-state index contributed by atoms with van der Waals surface area (Å²) < 4.78 is 0. The van der Waals surface area contributed by atoms with Crippen molar-refractivity contribution in [3.05, 3.63) is 52.6 Å². The molecule has 0 bridgehead atoms. The van der Waals surface area contributed by atoms with Crippen LogP contribution in [0.3, 0.4) is 0 Å². The number of nitrogen functional groups attached to an aromatic ring is 1. The summed E-state index contributed by atoms with van der Waals surface area (Å²) in [5.74, 6) is 0.872.